The monoisotopic (exact) mass is 280 g/mol. The van der Waals surface area contributed by atoms with Crippen LogP contribution < -0.4 is 9.80 Å². The number of hydrogen-bond acceptors (Lipinski definition) is 2. The van der Waals surface area contributed by atoms with Gasteiger partial charge in [0.25, 0.3) is 0 Å². The van der Waals surface area contributed by atoms with Crippen molar-refractivity contribution in [1.82, 2.24) is 14.8 Å². The maximum Gasteiger partial charge on any atom is 0.228 e. The maximum absolute atomic E-state index is 6.11. The fourth-order valence-corrected chi connectivity index (χ4v) is 3.73. The first kappa shape index (κ1) is 13.3. The van der Waals surface area contributed by atoms with Gasteiger partial charge in [-0.15, -0.1) is 0 Å². The Hall–Kier alpha value is -0.640. The Bertz CT molecular complexity index is 444. The summed E-state index contributed by atoms with van der Waals surface area (Å²) in [5.74, 6) is 1.12. The van der Waals surface area contributed by atoms with E-state index in [-0.39, 0.29) is 0 Å². The standard InChI is InChI=1S/C15H23ClN3/c1-19(14-12-13(16)2-7-18-14)10-5-15(6-11-19)3-8-17-9-4-15/h2,7,12,17H,3-6,8-11H2,1H3/q+1. The molecule has 3 rings (SSSR count). The Morgan fingerprint density at radius 3 is 2.53 bits per heavy atom. The molecule has 0 bridgehead atoms. The molecule has 0 saturated carbocycles. The molecule has 0 aromatic carbocycles. The topological polar surface area (TPSA) is 24.9 Å². The molecule has 2 aliphatic heterocycles. The van der Waals surface area contributed by atoms with E-state index in [1.807, 2.05) is 18.3 Å². The molecule has 0 atom stereocenters. The van der Waals surface area contributed by atoms with E-state index in [1.54, 1.807) is 0 Å². The highest BCUT2D eigenvalue weighted by Gasteiger charge is 2.42. The lowest BCUT2D eigenvalue weighted by Crippen LogP contribution is -2.55. The summed E-state index contributed by atoms with van der Waals surface area (Å²) in [6.07, 6.45) is 7.15. The third-order valence-corrected chi connectivity index (χ3v) is 5.43. The van der Waals surface area contributed by atoms with E-state index in [1.165, 1.54) is 51.9 Å². The van der Waals surface area contributed by atoms with Crippen molar-refractivity contribution < 1.29 is 0 Å². The molecule has 0 amide bonds. The minimum atomic E-state index is 0.599. The van der Waals surface area contributed by atoms with Crippen LogP contribution in [-0.4, -0.2) is 38.2 Å². The van der Waals surface area contributed by atoms with Crippen LogP contribution in [0.2, 0.25) is 5.02 Å². The van der Waals surface area contributed by atoms with E-state index in [2.05, 4.69) is 17.3 Å². The van der Waals surface area contributed by atoms with E-state index in [0.717, 1.165) is 15.3 Å². The van der Waals surface area contributed by atoms with Crippen molar-refractivity contribution >= 4 is 17.4 Å². The third-order valence-electron chi connectivity index (χ3n) is 5.20. The average molecular weight is 281 g/mol. The van der Waals surface area contributed by atoms with Gasteiger partial charge in [-0.3, -0.25) is 4.48 Å². The summed E-state index contributed by atoms with van der Waals surface area (Å²) in [6.45, 7) is 4.76. The fraction of sp³-hybridized carbons (Fsp3) is 0.667. The molecule has 104 valence electrons. The lowest BCUT2D eigenvalue weighted by molar-refractivity contribution is 0.0879. The molecule has 0 unspecified atom stereocenters. The quantitative estimate of drug-likeness (QED) is 0.800. The molecular formula is C15H23ClN3+. The number of rotatable bonds is 1. The smallest absolute Gasteiger partial charge is 0.228 e. The molecule has 19 heavy (non-hydrogen) atoms. The second kappa shape index (κ2) is 5.04. The van der Waals surface area contributed by atoms with Gasteiger partial charge in [-0.2, -0.15) is 0 Å². The summed E-state index contributed by atoms with van der Waals surface area (Å²) >= 11 is 6.11. The van der Waals surface area contributed by atoms with Gasteiger partial charge < -0.3 is 5.32 Å². The van der Waals surface area contributed by atoms with Gasteiger partial charge in [0, 0.05) is 30.1 Å². The molecule has 3 nitrogen and oxygen atoms in total. The Morgan fingerprint density at radius 1 is 1.21 bits per heavy atom. The molecule has 0 radical (unpaired) electrons. The molecule has 0 aliphatic carbocycles. The van der Waals surface area contributed by atoms with Crippen molar-refractivity contribution in [3.05, 3.63) is 23.4 Å². The van der Waals surface area contributed by atoms with E-state index in [4.69, 9.17) is 11.6 Å². The zero-order valence-corrected chi connectivity index (χ0v) is 12.4. The third kappa shape index (κ3) is 2.64. The van der Waals surface area contributed by atoms with Gasteiger partial charge in [0.1, 0.15) is 0 Å². The lowest BCUT2D eigenvalue weighted by Gasteiger charge is -2.47. The summed E-state index contributed by atoms with van der Waals surface area (Å²) < 4.78 is 0.940. The molecule has 2 fully saturated rings. The first-order valence-corrected chi connectivity index (χ1v) is 7.67. The van der Waals surface area contributed by atoms with Gasteiger partial charge in [-0.1, -0.05) is 11.6 Å². The van der Waals surface area contributed by atoms with Crippen molar-refractivity contribution in [3.8, 4) is 0 Å². The number of nitrogens with one attached hydrogen (secondary N) is 1. The highest BCUT2D eigenvalue weighted by Crippen LogP contribution is 2.42. The van der Waals surface area contributed by atoms with Crippen molar-refractivity contribution in [2.75, 3.05) is 33.2 Å². The Balaban J connectivity index is 1.74. The predicted octanol–water partition coefficient (Wildman–Crippen LogP) is 2.84. The molecular weight excluding hydrogens is 258 g/mol. The molecule has 3 heterocycles. The molecule has 2 saturated heterocycles. The SMILES string of the molecule is C[N+]1(c2cc(Cl)ccn2)CCC2(CCNCC2)CC1. The van der Waals surface area contributed by atoms with Gasteiger partial charge in [0.2, 0.25) is 5.82 Å². The van der Waals surface area contributed by atoms with E-state index in [9.17, 15) is 0 Å². The first-order valence-electron chi connectivity index (χ1n) is 7.29. The normalized spacial score (nSPS) is 25.4. The number of hydrogen-bond donors (Lipinski definition) is 1. The molecule has 4 heteroatoms. The fourth-order valence-electron chi connectivity index (χ4n) is 3.58. The van der Waals surface area contributed by atoms with E-state index >= 15 is 0 Å². The second-order valence-electron chi connectivity index (χ2n) is 6.43. The van der Waals surface area contributed by atoms with Crippen LogP contribution in [-0.2, 0) is 0 Å². The summed E-state index contributed by atoms with van der Waals surface area (Å²) in [5.41, 5.74) is 0.599. The molecule has 1 aromatic heterocycles. The second-order valence-corrected chi connectivity index (χ2v) is 6.86. The zero-order valence-electron chi connectivity index (χ0n) is 11.7. The highest BCUT2D eigenvalue weighted by atomic mass is 35.5. The van der Waals surface area contributed by atoms with Gasteiger partial charge >= 0.3 is 0 Å². The summed E-state index contributed by atoms with van der Waals surface area (Å²) in [6, 6.07) is 3.89. The number of halogens is 1. The number of likely N-dealkylation sites (tertiary alicyclic amines) is 1. The van der Waals surface area contributed by atoms with E-state index in [0.29, 0.717) is 5.41 Å². The predicted molar refractivity (Wildman–Crippen MR) is 80.5 cm³/mol. The van der Waals surface area contributed by atoms with E-state index < -0.39 is 0 Å². The number of aromatic nitrogens is 1. The molecule has 1 N–H and O–H groups in total. The Kier molecular flexibility index (Phi) is 3.54. The molecule has 1 aromatic rings. The Labute approximate surface area is 120 Å². The van der Waals surface area contributed by atoms with Crippen LogP contribution in [0.3, 0.4) is 0 Å². The minimum absolute atomic E-state index is 0.599. The van der Waals surface area contributed by atoms with Crippen LogP contribution in [0.5, 0.6) is 0 Å². The van der Waals surface area contributed by atoms with Crippen LogP contribution in [0.25, 0.3) is 0 Å². The largest absolute Gasteiger partial charge is 0.317 e. The average Bonchev–Trinajstić information content (AvgIpc) is 2.44. The lowest BCUT2D eigenvalue weighted by atomic mass is 9.71. The van der Waals surface area contributed by atoms with Gasteiger partial charge in [0.15, 0.2) is 0 Å². The Morgan fingerprint density at radius 2 is 1.89 bits per heavy atom. The van der Waals surface area contributed by atoms with Gasteiger partial charge in [0.05, 0.1) is 20.1 Å². The van der Waals surface area contributed by atoms with Crippen molar-refractivity contribution in [2.45, 2.75) is 25.7 Å². The summed E-state index contributed by atoms with van der Waals surface area (Å²) in [7, 11) is 2.30. The summed E-state index contributed by atoms with van der Waals surface area (Å²) in [5, 5.41) is 4.28. The molecule has 1 spiro atoms. The van der Waals surface area contributed by atoms with Crippen molar-refractivity contribution in [3.63, 3.8) is 0 Å². The van der Waals surface area contributed by atoms with Crippen LogP contribution in [0.4, 0.5) is 5.82 Å². The van der Waals surface area contributed by atoms with Gasteiger partial charge in [-0.05, 0) is 37.4 Å². The van der Waals surface area contributed by atoms with Crippen LogP contribution in [0, 0.1) is 5.41 Å². The van der Waals surface area contributed by atoms with Crippen LogP contribution in [0.1, 0.15) is 25.7 Å². The van der Waals surface area contributed by atoms with Gasteiger partial charge in [-0.25, -0.2) is 4.98 Å². The summed E-state index contributed by atoms with van der Waals surface area (Å²) in [4.78, 5) is 4.54. The van der Waals surface area contributed by atoms with Crippen LogP contribution >= 0.6 is 11.6 Å². The zero-order chi connectivity index (χ0) is 13.3. The first-order chi connectivity index (χ1) is 9.12. The number of nitrogens with zero attached hydrogens (tertiary/aromatic N) is 2. The van der Waals surface area contributed by atoms with Crippen molar-refractivity contribution in [2.24, 2.45) is 5.41 Å². The number of quaternary nitrogens is 1. The van der Waals surface area contributed by atoms with Crippen molar-refractivity contribution in [1.29, 1.82) is 0 Å². The maximum atomic E-state index is 6.11. The molecule has 2 aliphatic rings. The highest BCUT2D eigenvalue weighted by molar-refractivity contribution is 6.30. The number of pyridine rings is 1. The number of piperidine rings is 2. The minimum Gasteiger partial charge on any atom is -0.317 e. The van der Waals surface area contributed by atoms with Crippen LogP contribution in [0.15, 0.2) is 18.3 Å².